The number of hydrogen-bond donors (Lipinski definition) is 6. The number of fused-ring (bicyclic) bond motifs is 14. The van der Waals surface area contributed by atoms with E-state index in [9.17, 15) is 30.3 Å². The number of ether oxygens (including phenoxy) is 4. The summed E-state index contributed by atoms with van der Waals surface area (Å²) in [5, 5.41) is 67.2. The molecule has 2 aliphatic heterocycles. The summed E-state index contributed by atoms with van der Waals surface area (Å²) in [4.78, 5) is 0. The van der Waals surface area contributed by atoms with Gasteiger partial charge in [-0.25, -0.2) is 0 Å². The number of hydrogen-bond acceptors (Lipinski definition) is 10. The van der Waals surface area contributed by atoms with E-state index in [0.29, 0.717) is 84.0 Å². The lowest BCUT2D eigenvalue weighted by Crippen LogP contribution is -2.31. The minimum atomic E-state index is -1.65. The Labute approximate surface area is 334 Å². The zero-order valence-corrected chi connectivity index (χ0v) is 31.3. The first kappa shape index (κ1) is 37.2. The fourth-order valence-electron chi connectivity index (χ4n) is 8.18. The molecule has 288 valence electrons. The molecule has 58 heavy (non-hydrogen) atoms. The van der Waals surface area contributed by atoms with E-state index < -0.39 is 14.2 Å². The van der Waals surface area contributed by atoms with Gasteiger partial charge in [-0.05, 0) is 55.4 Å². The predicted octanol–water partition coefficient (Wildman–Crippen LogP) is 6.41. The molecule has 12 heteroatoms. The van der Waals surface area contributed by atoms with Crippen LogP contribution in [-0.4, -0.2) is 71.0 Å². The smallest absolute Gasteiger partial charge is 0.489 e. The maximum Gasteiger partial charge on any atom is 0.489 e. The maximum absolute atomic E-state index is 10.5. The van der Waals surface area contributed by atoms with Crippen LogP contribution in [0.25, 0.3) is 65.3 Å². The van der Waals surface area contributed by atoms with Crippen LogP contribution in [0.1, 0.15) is 12.8 Å². The van der Waals surface area contributed by atoms with Crippen LogP contribution in [0.3, 0.4) is 0 Å². The molecule has 8 aromatic carbocycles. The Morgan fingerprint density at radius 1 is 0.345 bits per heavy atom. The first-order chi connectivity index (χ1) is 28.3. The fourth-order valence-corrected chi connectivity index (χ4v) is 8.18. The predicted molar refractivity (Wildman–Crippen MR) is 228 cm³/mol. The van der Waals surface area contributed by atoms with Crippen LogP contribution < -0.4 is 29.9 Å². The molecule has 0 unspecified atom stereocenters. The normalized spacial score (nSPS) is 13.4. The highest BCUT2D eigenvalue weighted by Crippen LogP contribution is 2.50. The van der Waals surface area contributed by atoms with E-state index in [-0.39, 0.29) is 11.5 Å². The Morgan fingerprint density at radius 2 is 0.603 bits per heavy atom. The van der Waals surface area contributed by atoms with Crippen LogP contribution in [0.15, 0.2) is 121 Å². The molecule has 10 nitrogen and oxygen atoms in total. The van der Waals surface area contributed by atoms with Crippen molar-refractivity contribution in [2.45, 2.75) is 12.8 Å². The van der Waals surface area contributed by atoms with Crippen LogP contribution in [0.4, 0.5) is 0 Å². The van der Waals surface area contributed by atoms with Crippen molar-refractivity contribution in [3.63, 3.8) is 0 Å². The first-order valence-electron chi connectivity index (χ1n) is 19.1. The van der Waals surface area contributed by atoms with Crippen LogP contribution in [0, 0.1) is 0 Å². The second kappa shape index (κ2) is 15.5. The lowest BCUT2D eigenvalue weighted by molar-refractivity contribution is 0.251. The molecule has 0 bridgehead atoms. The molecule has 0 fully saturated rings. The molecule has 0 saturated carbocycles. The second-order valence-corrected chi connectivity index (χ2v) is 14.2. The van der Waals surface area contributed by atoms with E-state index in [1.165, 1.54) is 0 Å². The van der Waals surface area contributed by atoms with E-state index in [4.69, 9.17) is 18.9 Å². The first-order valence-corrected chi connectivity index (χ1v) is 19.1. The third-order valence-electron chi connectivity index (χ3n) is 10.7. The minimum Gasteiger partial charge on any atom is -0.507 e. The van der Waals surface area contributed by atoms with Gasteiger partial charge < -0.3 is 49.3 Å². The standard InChI is InChI=1S/C23H20B2O6.C23H18O4/c26-24(27)18-12-20-22(16-8-3-1-6-14(16)18)23-17-9-4-2-7-15(17)19(25(28)29)13-21(23)31-11-5-10-30-20;24-18-12-20-22(16-8-3-1-6-14(16)18)23-17-9-4-2-7-15(17)19(25)13-21(23)27-11-5-10-26-20/h1-4,6-9,12-13,26-29H,5,10-11H2;1-4,6-9,12-13,24-25H,5,10-11H2. The van der Waals surface area contributed by atoms with Gasteiger partial charge in [-0.2, -0.15) is 0 Å². The van der Waals surface area contributed by atoms with Crippen molar-refractivity contribution >= 4 is 68.3 Å². The average molecular weight is 772 g/mol. The van der Waals surface area contributed by atoms with Crippen molar-refractivity contribution in [2.24, 2.45) is 0 Å². The van der Waals surface area contributed by atoms with E-state index in [1.54, 1.807) is 24.3 Å². The van der Waals surface area contributed by atoms with Crippen molar-refractivity contribution in [1.29, 1.82) is 0 Å². The molecule has 0 amide bonds. The maximum atomic E-state index is 10.5. The Hall–Kier alpha value is -6.43. The molecule has 0 atom stereocenters. The lowest BCUT2D eigenvalue weighted by atomic mass is 9.73. The number of rotatable bonds is 2. The Bertz CT molecular complexity index is 2670. The van der Waals surface area contributed by atoms with Crippen LogP contribution in [0.2, 0.25) is 0 Å². The highest BCUT2D eigenvalue weighted by molar-refractivity contribution is 6.63. The summed E-state index contributed by atoms with van der Waals surface area (Å²) >= 11 is 0. The highest BCUT2D eigenvalue weighted by atomic mass is 16.5. The fraction of sp³-hybridized carbons (Fsp3) is 0.130. The molecular formula is C46H38B2O10. The molecule has 2 heterocycles. The van der Waals surface area contributed by atoms with E-state index >= 15 is 0 Å². The largest absolute Gasteiger partial charge is 0.507 e. The third-order valence-corrected chi connectivity index (χ3v) is 10.7. The third kappa shape index (κ3) is 6.55. The highest BCUT2D eigenvalue weighted by Gasteiger charge is 2.28. The van der Waals surface area contributed by atoms with Gasteiger partial charge in [0.15, 0.2) is 0 Å². The van der Waals surface area contributed by atoms with Gasteiger partial charge in [-0.1, -0.05) is 97.1 Å². The number of benzene rings is 8. The number of phenols is 2. The van der Waals surface area contributed by atoms with Crippen molar-refractivity contribution < 1.29 is 49.3 Å². The van der Waals surface area contributed by atoms with Crippen LogP contribution in [0.5, 0.6) is 34.5 Å². The molecule has 0 aliphatic carbocycles. The van der Waals surface area contributed by atoms with Crippen molar-refractivity contribution in [3.8, 4) is 56.8 Å². The zero-order valence-electron chi connectivity index (χ0n) is 31.3. The lowest BCUT2D eigenvalue weighted by Gasteiger charge is -2.21. The molecule has 2 aliphatic rings. The Kier molecular flexibility index (Phi) is 9.92. The average Bonchev–Trinajstić information content (AvgIpc) is 3.39. The van der Waals surface area contributed by atoms with Crippen molar-refractivity contribution in [2.75, 3.05) is 26.4 Å². The summed E-state index contributed by atoms with van der Waals surface area (Å²) in [6.45, 7) is 1.77. The summed E-state index contributed by atoms with van der Waals surface area (Å²) in [6, 6.07) is 37.1. The van der Waals surface area contributed by atoms with Gasteiger partial charge in [0.1, 0.15) is 34.5 Å². The van der Waals surface area contributed by atoms with Gasteiger partial charge in [-0.3, -0.25) is 0 Å². The summed E-state index contributed by atoms with van der Waals surface area (Å²) in [7, 11) is -3.29. The topological polar surface area (TPSA) is 158 Å². The molecule has 0 spiro atoms. The molecule has 0 radical (unpaired) electrons. The van der Waals surface area contributed by atoms with Crippen LogP contribution in [-0.2, 0) is 0 Å². The molecular weight excluding hydrogens is 734 g/mol. The molecule has 10 rings (SSSR count). The summed E-state index contributed by atoms with van der Waals surface area (Å²) in [6.07, 6.45) is 1.33. The number of phenolic OH excluding ortho intramolecular Hbond substituents is 2. The molecule has 0 aromatic heterocycles. The summed E-state index contributed by atoms with van der Waals surface area (Å²) in [5.41, 5.74) is 4.01. The van der Waals surface area contributed by atoms with Gasteiger partial charge in [0.05, 0.1) is 26.4 Å². The van der Waals surface area contributed by atoms with E-state index in [0.717, 1.165) is 54.6 Å². The Balaban J connectivity index is 0.000000152. The van der Waals surface area contributed by atoms with Crippen molar-refractivity contribution in [1.82, 2.24) is 0 Å². The second-order valence-electron chi connectivity index (χ2n) is 14.2. The monoisotopic (exact) mass is 772 g/mol. The number of aromatic hydroxyl groups is 2. The summed E-state index contributed by atoms with van der Waals surface area (Å²) in [5.74, 6) is 2.66. The van der Waals surface area contributed by atoms with Gasteiger partial charge in [0.2, 0.25) is 0 Å². The van der Waals surface area contributed by atoms with E-state index in [1.807, 2.05) is 97.1 Å². The molecule has 8 aromatic rings. The van der Waals surface area contributed by atoms with Gasteiger partial charge in [0, 0.05) is 58.0 Å². The van der Waals surface area contributed by atoms with E-state index in [2.05, 4.69) is 0 Å². The minimum absolute atomic E-state index is 0.189. The van der Waals surface area contributed by atoms with Gasteiger partial charge >= 0.3 is 14.2 Å². The summed E-state index contributed by atoms with van der Waals surface area (Å²) < 4.78 is 24.2. The molecule has 0 saturated heterocycles. The zero-order chi connectivity index (χ0) is 39.9. The quantitative estimate of drug-likeness (QED) is 0.109. The van der Waals surface area contributed by atoms with Gasteiger partial charge in [0.25, 0.3) is 0 Å². The SMILES string of the molecule is OB(O)c1cc2c(c3ccccc13)-c1c(cc(B(O)O)c3ccccc13)OCCCO2.Oc1cc2c(c3ccccc13)-c1c(cc(O)c3ccccc13)OCCCO2. The molecule has 6 N–H and O–H groups in total. The van der Waals surface area contributed by atoms with Gasteiger partial charge in [-0.15, -0.1) is 0 Å². The van der Waals surface area contributed by atoms with Crippen molar-refractivity contribution in [3.05, 3.63) is 121 Å². The van der Waals surface area contributed by atoms with Crippen LogP contribution >= 0.6 is 0 Å². The Morgan fingerprint density at radius 3 is 0.914 bits per heavy atom.